The largest absolute Gasteiger partial charge is 0.362 e. The average molecular weight is 298 g/mol. The summed E-state index contributed by atoms with van der Waals surface area (Å²) in [5.74, 6) is 0. The molecule has 3 nitrogen and oxygen atoms in total. The molecule has 1 rings (SSSR count). The van der Waals surface area contributed by atoms with Crippen molar-refractivity contribution in [2.24, 2.45) is 0 Å². The van der Waals surface area contributed by atoms with Gasteiger partial charge in [-0.3, -0.25) is 13.6 Å². The molecule has 0 unspecified atom stereocenters. The molecule has 0 aliphatic rings. The molecule has 0 amide bonds. The second-order valence-corrected chi connectivity index (χ2v) is 8.12. The monoisotopic (exact) mass is 298 g/mol. The van der Waals surface area contributed by atoms with Gasteiger partial charge in [-0.1, -0.05) is 32.0 Å². The highest BCUT2D eigenvalue weighted by atomic mass is 31.2. The molecule has 0 N–H and O–H groups in total. The Labute approximate surface area is 123 Å². The summed E-state index contributed by atoms with van der Waals surface area (Å²) in [5, 5.41) is 0.614. The second-order valence-electron chi connectivity index (χ2n) is 6.24. The smallest absolute Gasteiger partial charge is 0.299 e. The third-order valence-electron chi connectivity index (χ3n) is 3.51. The van der Waals surface area contributed by atoms with E-state index in [1.807, 2.05) is 59.7 Å². The molecule has 0 atom stereocenters. The number of benzene rings is 1. The summed E-state index contributed by atoms with van der Waals surface area (Å²) in [6, 6.07) is 9.21. The van der Waals surface area contributed by atoms with E-state index in [2.05, 4.69) is 0 Å². The van der Waals surface area contributed by atoms with Crippen LogP contribution in [0.3, 0.4) is 0 Å². The molecule has 0 aliphatic carbocycles. The van der Waals surface area contributed by atoms with Gasteiger partial charge in [0.2, 0.25) is 0 Å². The van der Waals surface area contributed by atoms with Crippen LogP contribution in [0, 0.1) is 0 Å². The lowest BCUT2D eigenvalue weighted by molar-refractivity contribution is 0.0338. The zero-order chi connectivity index (χ0) is 15.4. The second kappa shape index (κ2) is 6.43. The maximum absolute atomic E-state index is 13.3. The molecular weight excluding hydrogens is 271 g/mol. The molecule has 0 heterocycles. The predicted octanol–water partition coefficient (Wildman–Crippen LogP) is 4.92. The van der Waals surface area contributed by atoms with Gasteiger partial charge in [0.15, 0.2) is 0 Å². The quantitative estimate of drug-likeness (QED) is 0.670. The molecule has 1 aromatic carbocycles. The van der Waals surface area contributed by atoms with Crippen molar-refractivity contribution in [3.63, 3.8) is 0 Å². The maximum Gasteiger partial charge on any atom is 0.362 e. The number of rotatable bonds is 7. The third kappa shape index (κ3) is 4.73. The Morgan fingerprint density at radius 3 is 1.65 bits per heavy atom. The van der Waals surface area contributed by atoms with Gasteiger partial charge in [0.25, 0.3) is 0 Å². The molecule has 0 bridgehead atoms. The van der Waals surface area contributed by atoms with Crippen molar-refractivity contribution >= 4 is 12.9 Å². The third-order valence-corrected chi connectivity index (χ3v) is 5.91. The minimum Gasteiger partial charge on any atom is -0.299 e. The van der Waals surface area contributed by atoms with E-state index in [-0.39, 0.29) is 0 Å². The fourth-order valence-corrected chi connectivity index (χ4v) is 3.86. The van der Waals surface area contributed by atoms with Crippen molar-refractivity contribution in [2.45, 2.75) is 65.6 Å². The van der Waals surface area contributed by atoms with Crippen molar-refractivity contribution in [3.05, 3.63) is 30.3 Å². The molecule has 0 saturated heterocycles. The van der Waals surface area contributed by atoms with Gasteiger partial charge in [0, 0.05) is 0 Å². The first-order chi connectivity index (χ1) is 9.14. The highest BCUT2D eigenvalue weighted by molar-refractivity contribution is 7.62. The Morgan fingerprint density at radius 1 is 0.900 bits per heavy atom. The minimum absolute atomic E-state index is 0.491. The summed E-state index contributed by atoms with van der Waals surface area (Å²) in [6.07, 6.45) is 1.53. The van der Waals surface area contributed by atoms with Gasteiger partial charge >= 0.3 is 7.60 Å². The van der Waals surface area contributed by atoms with Gasteiger partial charge in [-0.05, 0) is 52.7 Å². The summed E-state index contributed by atoms with van der Waals surface area (Å²) in [6.45, 7) is 11.8. The first-order valence-corrected chi connectivity index (χ1v) is 8.75. The average Bonchev–Trinajstić information content (AvgIpc) is 2.38. The molecule has 4 heteroatoms. The zero-order valence-corrected chi connectivity index (χ0v) is 14.4. The molecule has 20 heavy (non-hydrogen) atoms. The number of hydrogen-bond acceptors (Lipinski definition) is 3. The fraction of sp³-hybridized carbons (Fsp3) is 0.625. The Hall–Kier alpha value is -0.630. The highest BCUT2D eigenvalue weighted by Crippen LogP contribution is 2.54. The van der Waals surface area contributed by atoms with E-state index >= 15 is 0 Å². The normalized spacial score (nSPS) is 13.5. The van der Waals surface area contributed by atoms with Gasteiger partial charge in [-0.25, -0.2) is 0 Å². The van der Waals surface area contributed by atoms with Gasteiger partial charge in [0.05, 0.1) is 16.5 Å². The highest BCUT2D eigenvalue weighted by Gasteiger charge is 2.38. The Kier molecular flexibility index (Phi) is 5.60. The van der Waals surface area contributed by atoms with Crippen molar-refractivity contribution in [3.8, 4) is 0 Å². The van der Waals surface area contributed by atoms with Crippen LogP contribution in [0.25, 0.3) is 0 Å². The topological polar surface area (TPSA) is 35.5 Å². The maximum atomic E-state index is 13.3. The number of hydrogen-bond donors (Lipinski definition) is 0. The van der Waals surface area contributed by atoms with Crippen LogP contribution < -0.4 is 5.30 Å². The van der Waals surface area contributed by atoms with E-state index < -0.39 is 18.8 Å². The molecular formula is C16H27O3P. The minimum atomic E-state index is -3.35. The Morgan fingerprint density at radius 2 is 1.30 bits per heavy atom. The van der Waals surface area contributed by atoms with Crippen molar-refractivity contribution < 1.29 is 13.6 Å². The van der Waals surface area contributed by atoms with E-state index in [4.69, 9.17) is 9.05 Å². The van der Waals surface area contributed by atoms with Gasteiger partial charge < -0.3 is 0 Å². The summed E-state index contributed by atoms with van der Waals surface area (Å²) < 4.78 is 25.2. The summed E-state index contributed by atoms with van der Waals surface area (Å²) in [5.41, 5.74) is -0.982. The van der Waals surface area contributed by atoms with Crippen molar-refractivity contribution in [1.29, 1.82) is 0 Å². The summed E-state index contributed by atoms with van der Waals surface area (Å²) in [4.78, 5) is 0. The van der Waals surface area contributed by atoms with Crippen LogP contribution in [-0.4, -0.2) is 11.2 Å². The van der Waals surface area contributed by atoms with Crippen LogP contribution in [0.2, 0.25) is 0 Å². The van der Waals surface area contributed by atoms with Crippen LogP contribution in [0.1, 0.15) is 54.4 Å². The van der Waals surface area contributed by atoms with Crippen LogP contribution in [0.15, 0.2) is 30.3 Å². The fourth-order valence-electron chi connectivity index (χ4n) is 1.51. The SMILES string of the molecule is CCC(C)(C)OP(=O)(OC(C)(C)CC)c1ccccc1. The van der Waals surface area contributed by atoms with E-state index in [9.17, 15) is 4.57 Å². The molecule has 114 valence electrons. The van der Waals surface area contributed by atoms with Crippen LogP contribution >= 0.6 is 7.60 Å². The summed E-state index contributed by atoms with van der Waals surface area (Å²) in [7, 11) is -3.35. The predicted molar refractivity (Wildman–Crippen MR) is 84.6 cm³/mol. The van der Waals surface area contributed by atoms with Crippen LogP contribution in [0.4, 0.5) is 0 Å². The molecule has 0 saturated carbocycles. The summed E-state index contributed by atoms with van der Waals surface area (Å²) >= 11 is 0. The van der Waals surface area contributed by atoms with Gasteiger partial charge in [0.1, 0.15) is 0 Å². The Bertz CT molecular complexity index is 444. The first-order valence-electron chi connectivity index (χ1n) is 7.21. The lowest BCUT2D eigenvalue weighted by Crippen LogP contribution is -2.30. The van der Waals surface area contributed by atoms with Crippen LogP contribution in [-0.2, 0) is 13.6 Å². The molecule has 0 aromatic heterocycles. The molecule has 0 fully saturated rings. The van der Waals surface area contributed by atoms with E-state index in [1.54, 1.807) is 12.1 Å². The lowest BCUT2D eigenvalue weighted by Gasteiger charge is -2.34. The molecule has 0 spiro atoms. The first kappa shape index (κ1) is 17.4. The van der Waals surface area contributed by atoms with E-state index in [0.29, 0.717) is 5.30 Å². The molecule has 1 aromatic rings. The van der Waals surface area contributed by atoms with E-state index in [1.165, 1.54) is 0 Å². The zero-order valence-electron chi connectivity index (χ0n) is 13.5. The molecule has 0 aliphatic heterocycles. The van der Waals surface area contributed by atoms with Gasteiger partial charge in [-0.2, -0.15) is 0 Å². The van der Waals surface area contributed by atoms with Gasteiger partial charge in [-0.15, -0.1) is 0 Å². The van der Waals surface area contributed by atoms with E-state index in [0.717, 1.165) is 12.8 Å². The lowest BCUT2D eigenvalue weighted by atomic mass is 10.1. The van der Waals surface area contributed by atoms with Crippen LogP contribution in [0.5, 0.6) is 0 Å². The Balaban J connectivity index is 3.17. The van der Waals surface area contributed by atoms with Crippen molar-refractivity contribution in [1.82, 2.24) is 0 Å². The van der Waals surface area contributed by atoms with Crippen molar-refractivity contribution in [2.75, 3.05) is 0 Å². The standard InChI is InChI=1S/C16H27O3P/c1-7-15(3,4)18-20(17,19-16(5,6)8-2)14-12-10-9-11-13-14/h9-13H,7-8H2,1-6H3. The molecule has 0 radical (unpaired) electrons.